The van der Waals surface area contributed by atoms with Gasteiger partial charge in [-0.3, -0.25) is 4.79 Å². The Bertz CT molecular complexity index is 696. The number of methoxy groups -OCH3 is 1. The number of benzene rings is 2. The van der Waals surface area contributed by atoms with Crippen LogP contribution in [0.3, 0.4) is 0 Å². The van der Waals surface area contributed by atoms with Crippen LogP contribution in [0.1, 0.15) is 15.9 Å². The molecule has 2 aromatic rings. The van der Waals surface area contributed by atoms with Crippen molar-refractivity contribution in [2.75, 3.05) is 12.4 Å². The fraction of sp³-hybridized carbons (Fsp3) is 0.125. The third-order valence-electron chi connectivity index (χ3n) is 2.92. The number of halogens is 2. The van der Waals surface area contributed by atoms with Crippen molar-refractivity contribution >= 4 is 40.8 Å². The number of hydrogen-bond donors (Lipinski definition) is 1. The van der Waals surface area contributed by atoms with Crippen molar-refractivity contribution < 1.29 is 14.3 Å². The van der Waals surface area contributed by atoms with Gasteiger partial charge in [-0.2, -0.15) is 0 Å². The molecule has 0 fully saturated rings. The number of rotatable bonds is 4. The molecule has 2 aromatic carbocycles. The Labute approximate surface area is 138 Å². The zero-order chi connectivity index (χ0) is 16.1. The monoisotopic (exact) mass is 337 g/mol. The van der Waals surface area contributed by atoms with E-state index in [1.807, 2.05) is 0 Å². The summed E-state index contributed by atoms with van der Waals surface area (Å²) in [6.07, 6.45) is 0.0371. The first-order valence-electron chi connectivity index (χ1n) is 6.42. The van der Waals surface area contributed by atoms with Crippen LogP contribution in [0.4, 0.5) is 5.69 Å². The van der Waals surface area contributed by atoms with Crippen molar-refractivity contribution in [3.8, 4) is 0 Å². The fourth-order valence-corrected chi connectivity index (χ4v) is 2.51. The zero-order valence-corrected chi connectivity index (χ0v) is 13.2. The van der Waals surface area contributed by atoms with Gasteiger partial charge in [0, 0.05) is 15.7 Å². The van der Waals surface area contributed by atoms with Gasteiger partial charge in [0.2, 0.25) is 5.91 Å². The summed E-state index contributed by atoms with van der Waals surface area (Å²) in [4.78, 5) is 23.8. The second kappa shape index (κ2) is 7.29. The number of anilines is 1. The summed E-state index contributed by atoms with van der Waals surface area (Å²) < 4.78 is 4.70. The van der Waals surface area contributed by atoms with E-state index in [0.717, 1.165) is 0 Å². The summed E-state index contributed by atoms with van der Waals surface area (Å²) in [5, 5.41) is 3.55. The highest BCUT2D eigenvalue weighted by molar-refractivity contribution is 6.35. The van der Waals surface area contributed by atoms with Crippen LogP contribution in [0.5, 0.6) is 0 Å². The molecule has 1 amide bonds. The van der Waals surface area contributed by atoms with Crippen LogP contribution in [-0.4, -0.2) is 19.0 Å². The number of hydrogen-bond acceptors (Lipinski definition) is 3. The Hall–Kier alpha value is -2.04. The Morgan fingerprint density at radius 1 is 1.09 bits per heavy atom. The molecule has 2 rings (SSSR count). The van der Waals surface area contributed by atoms with Crippen molar-refractivity contribution in [3.05, 3.63) is 63.6 Å². The molecule has 0 aliphatic rings. The van der Waals surface area contributed by atoms with Crippen LogP contribution in [0.2, 0.25) is 10.0 Å². The maximum Gasteiger partial charge on any atom is 0.338 e. The highest BCUT2D eigenvalue weighted by atomic mass is 35.5. The molecule has 0 saturated heterocycles. The highest BCUT2D eigenvalue weighted by Crippen LogP contribution is 2.22. The van der Waals surface area contributed by atoms with Crippen molar-refractivity contribution in [1.29, 1.82) is 0 Å². The van der Waals surface area contributed by atoms with E-state index in [-0.39, 0.29) is 12.3 Å². The lowest BCUT2D eigenvalue weighted by atomic mass is 10.0. The molecule has 4 nitrogen and oxygen atoms in total. The molecule has 0 radical (unpaired) electrons. The van der Waals surface area contributed by atoms with Gasteiger partial charge >= 0.3 is 5.97 Å². The van der Waals surface area contributed by atoms with Crippen molar-refractivity contribution in [3.63, 3.8) is 0 Å². The van der Waals surface area contributed by atoms with Gasteiger partial charge in [-0.1, -0.05) is 41.4 Å². The second-order valence-corrected chi connectivity index (χ2v) is 5.40. The lowest BCUT2D eigenvalue weighted by molar-refractivity contribution is -0.115. The normalized spacial score (nSPS) is 10.1. The van der Waals surface area contributed by atoms with E-state index in [9.17, 15) is 9.59 Å². The first-order chi connectivity index (χ1) is 10.5. The van der Waals surface area contributed by atoms with E-state index in [2.05, 4.69) is 5.32 Å². The van der Waals surface area contributed by atoms with Crippen LogP contribution in [0.25, 0.3) is 0 Å². The first kappa shape index (κ1) is 16.3. The second-order valence-electron chi connectivity index (χ2n) is 4.53. The Kier molecular flexibility index (Phi) is 5.41. The van der Waals surface area contributed by atoms with E-state index in [4.69, 9.17) is 27.9 Å². The number of ether oxygens (including phenoxy) is 1. The average Bonchev–Trinajstić information content (AvgIpc) is 2.45. The van der Waals surface area contributed by atoms with E-state index < -0.39 is 5.97 Å². The third kappa shape index (κ3) is 4.23. The van der Waals surface area contributed by atoms with Crippen LogP contribution >= 0.6 is 23.2 Å². The quantitative estimate of drug-likeness (QED) is 0.859. The molecule has 0 heterocycles. The van der Waals surface area contributed by atoms with Gasteiger partial charge in [-0.05, 0) is 29.8 Å². The maximum atomic E-state index is 12.1. The molecule has 6 heteroatoms. The standard InChI is InChI=1S/C16H13Cl2NO3/c1-22-16(21)14-5-3-2-4-10(14)6-15(20)19-13-8-11(17)7-12(18)9-13/h2-5,7-9H,6H2,1H3,(H,19,20). The molecule has 0 aromatic heterocycles. The Morgan fingerprint density at radius 2 is 1.73 bits per heavy atom. The van der Waals surface area contributed by atoms with Crippen LogP contribution < -0.4 is 5.32 Å². The lowest BCUT2D eigenvalue weighted by Crippen LogP contribution is -2.17. The molecule has 0 aliphatic carbocycles. The maximum absolute atomic E-state index is 12.1. The number of carbonyl (C=O) groups is 2. The van der Waals surface area contributed by atoms with Crippen molar-refractivity contribution in [2.24, 2.45) is 0 Å². The molecule has 22 heavy (non-hydrogen) atoms. The van der Waals surface area contributed by atoms with Gasteiger partial charge in [-0.25, -0.2) is 4.79 Å². The smallest absolute Gasteiger partial charge is 0.338 e. The van der Waals surface area contributed by atoms with E-state index >= 15 is 0 Å². The minimum Gasteiger partial charge on any atom is -0.465 e. The molecule has 114 valence electrons. The molecule has 1 N–H and O–H groups in total. The van der Waals surface area contributed by atoms with Gasteiger partial charge in [0.15, 0.2) is 0 Å². The molecule has 0 aliphatic heterocycles. The molecule has 0 unspecified atom stereocenters. The van der Waals surface area contributed by atoms with E-state index in [0.29, 0.717) is 26.9 Å². The van der Waals surface area contributed by atoms with Gasteiger partial charge in [0.25, 0.3) is 0 Å². The fourth-order valence-electron chi connectivity index (χ4n) is 1.99. The lowest BCUT2D eigenvalue weighted by Gasteiger charge is -2.09. The van der Waals surface area contributed by atoms with Gasteiger partial charge in [0.1, 0.15) is 0 Å². The number of amides is 1. The summed E-state index contributed by atoms with van der Waals surface area (Å²) in [6, 6.07) is 11.6. The molecule has 0 atom stereocenters. The molecule has 0 bridgehead atoms. The van der Waals surface area contributed by atoms with Crippen molar-refractivity contribution in [1.82, 2.24) is 0 Å². The van der Waals surface area contributed by atoms with Crippen LogP contribution in [0, 0.1) is 0 Å². The number of carbonyl (C=O) groups excluding carboxylic acids is 2. The SMILES string of the molecule is COC(=O)c1ccccc1CC(=O)Nc1cc(Cl)cc(Cl)c1. The minimum atomic E-state index is -0.478. The number of nitrogens with one attached hydrogen (secondary N) is 1. The zero-order valence-electron chi connectivity index (χ0n) is 11.7. The summed E-state index contributed by atoms with van der Waals surface area (Å²) in [5.41, 5.74) is 1.45. The summed E-state index contributed by atoms with van der Waals surface area (Å²) >= 11 is 11.8. The molecule has 0 spiro atoms. The predicted molar refractivity (Wildman–Crippen MR) is 86.6 cm³/mol. The van der Waals surface area contributed by atoms with Crippen LogP contribution in [0.15, 0.2) is 42.5 Å². The Balaban J connectivity index is 2.14. The molecular formula is C16H13Cl2NO3. The van der Waals surface area contributed by atoms with E-state index in [1.54, 1.807) is 42.5 Å². The van der Waals surface area contributed by atoms with Gasteiger partial charge in [0.05, 0.1) is 19.1 Å². The summed E-state index contributed by atoms with van der Waals surface area (Å²) in [6.45, 7) is 0. The number of esters is 1. The molecule has 0 saturated carbocycles. The largest absolute Gasteiger partial charge is 0.465 e. The van der Waals surface area contributed by atoms with Gasteiger partial charge in [-0.15, -0.1) is 0 Å². The van der Waals surface area contributed by atoms with Crippen LogP contribution in [-0.2, 0) is 16.0 Å². The third-order valence-corrected chi connectivity index (χ3v) is 3.36. The topological polar surface area (TPSA) is 55.4 Å². The minimum absolute atomic E-state index is 0.0371. The molecular weight excluding hydrogens is 325 g/mol. The Morgan fingerprint density at radius 3 is 2.36 bits per heavy atom. The summed E-state index contributed by atoms with van der Waals surface area (Å²) in [5.74, 6) is -0.760. The predicted octanol–water partition coefficient (Wildman–Crippen LogP) is 3.96. The van der Waals surface area contributed by atoms with Gasteiger partial charge < -0.3 is 10.1 Å². The van der Waals surface area contributed by atoms with E-state index in [1.165, 1.54) is 7.11 Å². The van der Waals surface area contributed by atoms with Crippen molar-refractivity contribution in [2.45, 2.75) is 6.42 Å². The first-order valence-corrected chi connectivity index (χ1v) is 7.17. The summed E-state index contributed by atoms with van der Waals surface area (Å²) in [7, 11) is 1.30. The average molecular weight is 338 g/mol. The highest BCUT2D eigenvalue weighted by Gasteiger charge is 2.14.